The van der Waals surface area contributed by atoms with E-state index >= 15 is 0 Å². The Balaban J connectivity index is 0.00000320. The number of nitrogens with zero attached hydrogens (tertiary/aromatic N) is 2. The van der Waals surface area contributed by atoms with E-state index in [9.17, 15) is 0 Å². The summed E-state index contributed by atoms with van der Waals surface area (Å²) in [7, 11) is 0. The van der Waals surface area contributed by atoms with E-state index in [1.165, 1.54) is 5.56 Å². The van der Waals surface area contributed by atoms with E-state index in [4.69, 9.17) is 18.9 Å². The molecule has 1 aliphatic rings. The Hall–Kier alpha value is -1.81. The van der Waals surface area contributed by atoms with E-state index < -0.39 is 0 Å². The molecular weight excluding hydrogens is 495 g/mol. The van der Waals surface area contributed by atoms with Crippen LogP contribution in [0.4, 0.5) is 0 Å². The van der Waals surface area contributed by atoms with Crippen LogP contribution >= 0.6 is 24.0 Å². The van der Waals surface area contributed by atoms with Crippen molar-refractivity contribution < 1.29 is 13.9 Å². The van der Waals surface area contributed by atoms with Crippen LogP contribution in [0.15, 0.2) is 27.6 Å². The smallest absolute Gasteiger partial charge is 0.214 e. The predicted octanol–water partition coefficient (Wildman–Crippen LogP) is 3.89. The summed E-state index contributed by atoms with van der Waals surface area (Å²) in [4.78, 5) is 9.12. The lowest BCUT2D eigenvalue weighted by Gasteiger charge is -2.15. The molecule has 2 aromatic rings. The molecular formula is C22H33IN4O3. The van der Waals surface area contributed by atoms with Gasteiger partial charge in [0.05, 0.1) is 32.0 Å². The second kappa shape index (κ2) is 12.1. The van der Waals surface area contributed by atoms with E-state index in [1.54, 1.807) is 0 Å². The first-order chi connectivity index (χ1) is 14.0. The first kappa shape index (κ1) is 24.5. The van der Waals surface area contributed by atoms with Crippen molar-refractivity contribution in [2.45, 2.75) is 47.2 Å². The number of oxazole rings is 1. The van der Waals surface area contributed by atoms with Crippen LogP contribution in [0.1, 0.15) is 41.8 Å². The van der Waals surface area contributed by atoms with Crippen LogP contribution in [-0.2, 0) is 17.8 Å². The van der Waals surface area contributed by atoms with E-state index in [0.29, 0.717) is 31.5 Å². The largest absolute Gasteiger partial charge is 0.493 e. The number of rotatable bonds is 8. The maximum atomic E-state index is 6.12. The molecule has 3 rings (SSSR count). The number of aryl methyl sites for hydroxylation is 3. The van der Waals surface area contributed by atoms with E-state index in [1.807, 2.05) is 20.8 Å². The minimum atomic E-state index is 0. The summed E-state index contributed by atoms with van der Waals surface area (Å²) in [6.07, 6.45) is 1.06. The molecule has 2 N–H and O–H groups in total. The van der Waals surface area contributed by atoms with Crippen LogP contribution < -0.4 is 15.4 Å². The van der Waals surface area contributed by atoms with Gasteiger partial charge in [-0.1, -0.05) is 12.1 Å². The van der Waals surface area contributed by atoms with Crippen molar-refractivity contribution in [1.82, 2.24) is 15.6 Å². The van der Waals surface area contributed by atoms with Gasteiger partial charge in [-0.2, -0.15) is 0 Å². The van der Waals surface area contributed by atoms with Crippen molar-refractivity contribution >= 4 is 29.9 Å². The van der Waals surface area contributed by atoms with Gasteiger partial charge < -0.3 is 24.5 Å². The Morgan fingerprint density at radius 3 is 2.77 bits per heavy atom. The third-order valence-corrected chi connectivity index (χ3v) is 4.95. The van der Waals surface area contributed by atoms with Crippen LogP contribution in [-0.4, -0.2) is 37.3 Å². The Morgan fingerprint density at radius 1 is 1.27 bits per heavy atom. The molecule has 2 heterocycles. The molecule has 1 aliphatic heterocycles. The number of aliphatic imine (C=N–C) groups is 1. The third-order valence-electron chi connectivity index (χ3n) is 4.95. The monoisotopic (exact) mass is 528 g/mol. The zero-order chi connectivity index (χ0) is 20.6. The highest BCUT2D eigenvalue weighted by Crippen LogP contribution is 2.23. The number of benzene rings is 1. The Bertz CT molecular complexity index is 812. The molecule has 1 fully saturated rings. The summed E-state index contributed by atoms with van der Waals surface area (Å²) in [5.74, 6) is 3.59. The number of halogens is 1. The Kier molecular flexibility index (Phi) is 9.90. The lowest BCUT2D eigenvalue weighted by Crippen LogP contribution is -2.36. The fraction of sp³-hybridized carbons (Fsp3) is 0.545. The van der Waals surface area contributed by atoms with Crippen molar-refractivity contribution in [2.75, 3.05) is 26.4 Å². The van der Waals surface area contributed by atoms with Crippen molar-refractivity contribution in [3.05, 3.63) is 46.7 Å². The first-order valence-corrected chi connectivity index (χ1v) is 10.3. The van der Waals surface area contributed by atoms with Crippen molar-refractivity contribution in [3.8, 4) is 5.75 Å². The van der Waals surface area contributed by atoms with Gasteiger partial charge in [-0.15, -0.1) is 24.0 Å². The molecule has 0 aliphatic carbocycles. The number of aromatic nitrogens is 1. The highest BCUT2D eigenvalue weighted by Gasteiger charge is 2.17. The number of hydrogen-bond donors (Lipinski definition) is 2. The molecule has 0 amide bonds. The molecule has 0 radical (unpaired) electrons. The van der Waals surface area contributed by atoms with E-state index in [0.717, 1.165) is 54.9 Å². The second-order valence-corrected chi connectivity index (χ2v) is 7.45. The highest BCUT2D eigenvalue weighted by molar-refractivity contribution is 14.0. The summed E-state index contributed by atoms with van der Waals surface area (Å²) >= 11 is 0. The van der Waals surface area contributed by atoms with E-state index in [2.05, 4.69) is 40.7 Å². The van der Waals surface area contributed by atoms with Gasteiger partial charge >= 0.3 is 0 Å². The molecule has 8 heteroatoms. The summed E-state index contributed by atoms with van der Waals surface area (Å²) in [5, 5.41) is 6.54. The molecule has 7 nitrogen and oxygen atoms in total. The number of ether oxygens (including phenoxy) is 2. The molecule has 30 heavy (non-hydrogen) atoms. The molecule has 1 aromatic heterocycles. The third kappa shape index (κ3) is 7.16. The topological polar surface area (TPSA) is 80.9 Å². The number of hydrogen-bond acceptors (Lipinski definition) is 5. The van der Waals surface area contributed by atoms with Crippen LogP contribution in [0.5, 0.6) is 5.75 Å². The Morgan fingerprint density at radius 2 is 2.10 bits per heavy atom. The van der Waals surface area contributed by atoms with Gasteiger partial charge in [-0.05, 0) is 45.7 Å². The lowest BCUT2D eigenvalue weighted by atomic mass is 10.1. The molecule has 1 unspecified atom stereocenters. The van der Waals surface area contributed by atoms with Crippen LogP contribution in [0.25, 0.3) is 0 Å². The van der Waals surface area contributed by atoms with Gasteiger partial charge in [-0.3, -0.25) is 0 Å². The summed E-state index contributed by atoms with van der Waals surface area (Å²) in [5.41, 5.74) is 3.16. The van der Waals surface area contributed by atoms with Crippen LogP contribution in [0.3, 0.4) is 0 Å². The van der Waals surface area contributed by atoms with Crippen molar-refractivity contribution in [1.29, 1.82) is 0 Å². The highest BCUT2D eigenvalue weighted by atomic mass is 127. The van der Waals surface area contributed by atoms with Gasteiger partial charge in [0.1, 0.15) is 11.5 Å². The molecule has 1 atom stereocenters. The standard InChI is InChI=1S/C22H32N4O3.HI/c1-5-23-22(25-12-21-26-16(3)17(4)29-21)24-11-19-7-6-15(2)10-20(19)28-14-18-8-9-27-13-18;/h6-7,10,18H,5,8-9,11-14H2,1-4H3,(H2,23,24,25);1H. The minimum absolute atomic E-state index is 0. The zero-order valence-corrected chi connectivity index (χ0v) is 20.6. The maximum absolute atomic E-state index is 6.12. The molecule has 0 bridgehead atoms. The molecule has 0 spiro atoms. The Labute approximate surface area is 196 Å². The molecule has 1 aromatic carbocycles. The zero-order valence-electron chi connectivity index (χ0n) is 18.3. The maximum Gasteiger partial charge on any atom is 0.214 e. The fourth-order valence-electron chi connectivity index (χ4n) is 3.13. The van der Waals surface area contributed by atoms with Gasteiger partial charge in [0, 0.05) is 24.6 Å². The minimum Gasteiger partial charge on any atom is -0.493 e. The van der Waals surface area contributed by atoms with Gasteiger partial charge in [-0.25, -0.2) is 9.98 Å². The van der Waals surface area contributed by atoms with Crippen LogP contribution in [0, 0.1) is 26.7 Å². The fourth-order valence-corrected chi connectivity index (χ4v) is 3.13. The lowest BCUT2D eigenvalue weighted by molar-refractivity contribution is 0.166. The molecule has 0 saturated carbocycles. The number of nitrogens with one attached hydrogen (secondary N) is 2. The van der Waals surface area contributed by atoms with E-state index in [-0.39, 0.29) is 24.0 Å². The number of guanidine groups is 1. The molecule has 1 saturated heterocycles. The van der Waals surface area contributed by atoms with Gasteiger partial charge in [0.15, 0.2) is 5.96 Å². The predicted molar refractivity (Wildman–Crippen MR) is 129 cm³/mol. The van der Waals surface area contributed by atoms with Gasteiger partial charge in [0.25, 0.3) is 0 Å². The average Bonchev–Trinajstić information content (AvgIpc) is 3.33. The normalized spacial score (nSPS) is 16.3. The van der Waals surface area contributed by atoms with Crippen molar-refractivity contribution in [2.24, 2.45) is 10.9 Å². The average molecular weight is 528 g/mol. The van der Waals surface area contributed by atoms with Crippen molar-refractivity contribution in [3.63, 3.8) is 0 Å². The second-order valence-electron chi connectivity index (χ2n) is 7.45. The quantitative estimate of drug-likeness (QED) is 0.308. The SMILES string of the molecule is CCNC(=NCc1ccc(C)cc1OCC1CCOC1)NCc1nc(C)c(C)o1.I. The summed E-state index contributed by atoms with van der Waals surface area (Å²) in [6.45, 7) is 12.1. The first-order valence-electron chi connectivity index (χ1n) is 10.3. The summed E-state index contributed by atoms with van der Waals surface area (Å²) < 4.78 is 17.2. The summed E-state index contributed by atoms with van der Waals surface area (Å²) in [6, 6.07) is 6.26. The van der Waals surface area contributed by atoms with Gasteiger partial charge in [0.2, 0.25) is 5.89 Å². The molecule has 166 valence electrons. The van der Waals surface area contributed by atoms with Crippen LogP contribution in [0.2, 0.25) is 0 Å².